The summed E-state index contributed by atoms with van der Waals surface area (Å²) in [4.78, 5) is 12.1. The van der Waals surface area contributed by atoms with E-state index in [1.807, 2.05) is 13.0 Å². The number of halogens is 1. The Kier molecular flexibility index (Phi) is 4.81. The minimum atomic E-state index is -0.539. The van der Waals surface area contributed by atoms with Crippen LogP contribution in [0.4, 0.5) is 0 Å². The van der Waals surface area contributed by atoms with Gasteiger partial charge in [-0.05, 0) is 37.3 Å². The lowest BCUT2D eigenvalue weighted by Gasteiger charge is -2.10. The number of carbonyl (C=O) groups is 1. The Morgan fingerprint density at radius 3 is 2.71 bits per heavy atom. The fourth-order valence-electron chi connectivity index (χ4n) is 1.70. The maximum Gasteiger partial charge on any atom is 0.343 e. The minimum Gasteiger partial charge on any atom is -0.490 e. The molecular weight excluding hydrogens is 290 g/mol. The Balaban J connectivity index is 2.26. The summed E-state index contributed by atoms with van der Waals surface area (Å²) >= 11 is 5.84. The van der Waals surface area contributed by atoms with Crippen LogP contribution in [-0.4, -0.2) is 12.6 Å². The van der Waals surface area contributed by atoms with E-state index in [2.05, 4.69) is 0 Å². The van der Waals surface area contributed by atoms with Gasteiger partial charge in [-0.15, -0.1) is 0 Å². The summed E-state index contributed by atoms with van der Waals surface area (Å²) < 4.78 is 10.7. The Morgan fingerprint density at radius 1 is 1.24 bits per heavy atom. The SMILES string of the molecule is CCOc1cc(C#N)ccc1OC(=O)c1cccc(Cl)c1. The van der Waals surface area contributed by atoms with E-state index in [1.165, 1.54) is 18.2 Å². The molecule has 4 nitrogen and oxygen atoms in total. The van der Waals surface area contributed by atoms with Gasteiger partial charge in [0.25, 0.3) is 0 Å². The molecule has 0 aliphatic heterocycles. The van der Waals surface area contributed by atoms with Crippen molar-refractivity contribution in [2.24, 2.45) is 0 Å². The van der Waals surface area contributed by atoms with Crippen molar-refractivity contribution in [3.63, 3.8) is 0 Å². The van der Waals surface area contributed by atoms with Gasteiger partial charge in [0.1, 0.15) is 0 Å². The lowest BCUT2D eigenvalue weighted by molar-refractivity contribution is 0.0728. The highest BCUT2D eigenvalue weighted by Crippen LogP contribution is 2.29. The molecule has 0 heterocycles. The van der Waals surface area contributed by atoms with Crippen LogP contribution in [0.3, 0.4) is 0 Å². The molecule has 0 saturated heterocycles. The summed E-state index contributed by atoms with van der Waals surface area (Å²) in [6.45, 7) is 2.21. The normalized spacial score (nSPS) is 9.76. The van der Waals surface area contributed by atoms with E-state index in [-0.39, 0.29) is 5.75 Å². The quantitative estimate of drug-likeness (QED) is 0.636. The van der Waals surface area contributed by atoms with Gasteiger partial charge in [-0.1, -0.05) is 17.7 Å². The van der Waals surface area contributed by atoms with Crippen LogP contribution in [0, 0.1) is 11.3 Å². The molecule has 106 valence electrons. The van der Waals surface area contributed by atoms with Crippen LogP contribution in [0.25, 0.3) is 0 Å². The molecule has 0 N–H and O–H groups in total. The smallest absolute Gasteiger partial charge is 0.343 e. The predicted octanol–water partition coefficient (Wildman–Crippen LogP) is 3.83. The molecule has 0 aliphatic carbocycles. The Bertz CT molecular complexity index is 707. The highest BCUT2D eigenvalue weighted by atomic mass is 35.5. The lowest BCUT2D eigenvalue weighted by atomic mass is 10.2. The van der Waals surface area contributed by atoms with E-state index in [4.69, 9.17) is 26.3 Å². The van der Waals surface area contributed by atoms with Gasteiger partial charge in [0.05, 0.1) is 23.8 Å². The fraction of sp³-hybridized carbons (Fsp3) is 0.125. The van der Waals surface area contributed by atoms with Crippen LogP contribution in [-0.2, 0) is 0 Å². The molecule has 0 aliphatic rings. The highest BCUT2D eigenvalue weighted by molar-refractivity contribution is 6.30. The van der Waals surface area contributed by atoms with E-state index in [0.29, 0.717) is 28.5 Å². The Morgan fingerprint density at radius 2 is 2.05 bits per heavy atom. The van der Waals surface area contributed by atoms with Gasteiger partial charge in [-0.3, -0.25) is 0 Å². The molecule has 0 bridgehead atoms. The Hall–Kier alpha value is -2.51. The fourth-order valence-corrected chi connectivity index (χ4v) is 1.89. The van der Waals surface area contributed by atoms with E-state index in [0.717, 1.165) is 0 Å². The van der Waals surface area contributed by atoms with E-state index < -0.39 is 5.97 Å². The number of nitriles is 1. The second-order valence-corrected chi connectivity index (χ2v) is 4.54. The maximum atomic E-state index is 12.1. The van der Waals surface area contributed by atoms with Crippen molar-refractivity contribution < 1.29 is 14.3 Å². The van der Waals surface area contributed by atoms with Crippen LogP contribution in [0.1, 0.15) is 22.8 Å². The molecule has 2 rings (SSSR count). The molecule has 5 heteroatoms. The standard InChI is InChI=1S/C16H12ClNO3/c1-2-20-15-8-11(10-18)6-7-14(15)21-16(19)12-4-3-5-13(17)9-12/h3-9H,2H2,1H3. The maximum absolute atomic E-state index is 12.1. The van der Waals surface area contributed by atoms with Crippen molar-refractivity contribution in [3.05, 3.63) is 58.6 Å². The second-order valence-electron chi connectivity index (χ2n) is 4.11. The van der Waals surface area contributed by atoms with Crippen molar-refractivity contribution in [2.45, 2.75) is 6.92 Å². The number of hydrogen-bond acceptors (Lipinski definition) is 4. The average molecular weight is 302 g/mol. The topological polar surface area (TPSA) is 59.3 Å². The molecule has 0 amide bonds. The third-order valence-electron chi connectivity index (χ3n) is 2.64. The average Bonchev–Trinajstić information content (AvgIpc) is 2.49. The van der Waals surface area contributed by atoms with Crippen LogP contribution < -0.4 is 9.47 Å². The molecule has 0 aromatic heterocycles. The lowest BCUT2D eigenvalue weighted by Crippen LogP contribution is -2.09. The number of nitrogens with zero attached hydrogens (tertiary/aromatic N) is 1. The summed E-state index contributed by atoms with van der Waals surface area (Å²) in [6, 6.07) is 13.1. The number of carbonyl (C=O) groups excluding carboxylic acids is 1. The zero-order valence-electron chi connectivity index (χ0n) is 11.3. The van der Waals surface area contributed by atoms with Crippen molar-refractivity contribution in [2.75, 3.05) is 6.61 Å². The molecular formula is C16H12ClNO3. The Labute approximate surface area is 127 Å². The first-order valence-electron chi connectivity index (χ1n) is 6.28. The van der Waals surface area contributed by atoms with Crippen molar-refractivity contribution in [3.8, 4) is 17.6 Å². The number of ether oxygens (including phenoxy) is 2. The summed E-state index contributed by atoms with van der Waals surface area (Å²) in [6.07, 6.45) is 0. The molecule has 0 atom stereocenters. The first-order chi connectivity index (χ1) is 10.1. The monoisotopic (exact) mass is 301 g/mol. The van der Waals surface area contributed by atoms with Gasteiger partial charge in [-0.2, -0.15) is 5.26 Å². The van der Waals surface area contributed by atoms with Crippen LogP contribution in [0.2, 0.25) is 5.02 Å². The van der Waals surface area contributed by atoms with Gasteiger partial charge in [0.2, 0.25) is 0 Å². The number of hydrogen-bond donors (Lipinski definition) is 0. The second kappa shape index (κ2) is 6.78. The number of rotatable bonds is 4. The number of benzene rings is 2. The summed E-state index contributed by atoms with van der Waals surface area (Å²) in [5.41, 5.74) is 0.773. The van der Waals surface area contributed by atoms with E-state index >= 15 is 0 Å². The zero-order valence-corrected chi connectivity index (χ0v) is 12.1. The van der Waals surface area contributed by atoms with Gasteiger partial charge >= 0.3 is 5.97 Å². The molecule has 0 fully saturated rings. The van der Waals surface area contributed by atoms with Gasteiger partial charge in [0.15, 0.2) is 11.5 Å². The molecule has 0 spiro atoms. The third-order valence-corrected chi connectivity index (χ3v) is 2.87. The molecule has 0 unspecified atom stereocenters. The van der Waals surface area contributed by atoms with Crippen LogP contribution >= 0.6 is 11.6 Å². The molecule has 0 radical (unpaired) electrons. The molecule has 21 heavy (non-hydrogen) atoms. The summed E-state index contributed by atoms with van der Waals surface area (Å²) in [7, 11) is 0. The minimum absolute atomic E-state index is 0.265. The third kappa shape index (κ3) is 3.74. The number of esters is 1. The first-order valence-corrected chi connectivity index (χ1v) is 6.66. The van der Waals surface area contributed by atoms with E-state index in [9.17, 15) is 4.79 Å². The van der Waals surface area contributed by atoms with Crippen molar-refractivity contribution >= 4 is 17.6 Å². The van der Waals surface area contributed by atoms with Crippen LogP contribution in [0.5, 0.6) is 11.5 Å². The van der Waals surface area contributed by atoms with Crippen LogP contribution in [0.15, 0.2) is 42.5 Å². The highest BCUT2D eigenvalue weighted by Gasteiger charge is 2.13. The van der Waals surface area contributed by atoms with E-state index in [1.54, 1.807) is 24.3 Å². The largest absolute Gasteiger partial charge is 0.490 e. The van der Waals surface area contributed by atoms with Crippen molar-refractivity contribution in [1.29, 1.82) is 5.26 Å². The summed E-state index contributed by atoms with van der Waals surface area (Å²) in [5, 5.41) is 9.34. The summed E-state index contributed by atoms with van der Waals surface area (Å²) in [5.74, 6) is 0.0796. The first kappa shape index (κ1) is 14.9. The molecule has 2 aromatic rings. The van der Waals surface area contributed by atoms with Gasteiger partial charge in [0, 0.05) is 11.1 Å². The van der Waals surface area contributed by atoms with Gasteiger partial charge < -0.3 is 9.47 Å². The molecule has 0 saturated carbocycles. The molecule has 2 aromatic carbocycles. The zero-order chi connectivity index (χ0) is 15.2. The predicted molar refractivity (Wildman–Crippen MR) is 78.7 cm³/mol. The van der Waals surface area contributed by atoms with Crippen molar-refractivity contribution in [1.82, 2.24) is 0 Å². The van der Waals surface area contributed by atoms with Gasteiger partial charge in [-0.25, -0.2) is 4.79 Å².